The number of fused-ring (bicyclic) bond motifs is 1. The molecule has 1 aliphatic heterocycles. The third-order valence-electron chi connectivity index (χ3n) is 5.17. The molecule has 2 amide bonds. The molecule has 7 nitrogen and oxygen atoms in total. The van der Waals surface area contributed by atoms with Crippen molar-refractivity contribution in [2.45, 2.75) is 6.54 Å². The Morgan fingerprint density at radius 2 is 1.71 bits per heavy atom. The van der Waals surface area contributed by atoms with E-state index in [2.05, 4.69) is 4.98 Å². The minimum atomic E-state index is -0.660. The topological polar surface area (TPSA) is 75.5 Å². The number of aromatic nitrogens is 2. The zero-order valence-electron chi connectivity index (χ0n) is 16.2. The van der Waals surface area contributed by atoms with E-state index in [1.54, 1.807) is 0 Å². The minimum absolute atomic E-state index is 0.0919. The zero-order valence-corrected chi connectivity index (χ0v) is 17.0. The molecule has 0 N–H and O–H groups in total. The van der Waals surface area contributed by atoms with Crippen LogP contribution in [0.1, 0.15) is 10.4 Å². The molecule has 31 heavy (non-hydrogen) atoms. The molecule has 0 radical (unpaired) electrons. The van der Waals surface area contributed by atoms with Gasteiger partial charge in [0, 0.05) is 31.2 Å². The number of piperazine rings is 1. The van der Waals surface area contributed by atoms with Crippen LogP contribution in [0.5, 0.6) is 0 Å². The van der Waals surface area contributed by atoms with E-state index in [1.165, 1.54) is 40.4 Å². The van der Waals surface area contributed by atoms with Crippen molar-refractivity contribution < 1.29 is 18.4 Å². The van der Waals surface area contributed by atoms with E-state index < -0.39 is 23.1 Å². The number of nitrogens with zero attached hydrogens (tertiary/aromatic N) is 4. The fraction of sp³-hybridized carbons (Fsp3) is 0.238. The van der Waals surface area contributed by atoms with E-state index >= 15 is 0 Å². The molecule has 160 valence electrons. The molecule has 4 rings (SSSR count). The number of amides is 2. The Morgan fingerprint density at radius 3 is 2.45 bits per heavy atom. The van der Waals surface area contributed by atoms with Crippen LogP contribution in [0.4, 0.5) is 8.78 Å². The number of carbonyl (C=O) groups is 2. The highest BCUT2D eigenvalue weighted by atomic mass is 35.5. The first kappa shape index (κ1) is 20.9. The lowest BCUT2D eigenvalue weighted by Gasteiger charge is -2.35. The van der Waals surface area contributed by atoms with Gasteiger partial charge in [0.25, 0.3) is 11.5 Å². The maximum Gasteiger partial charge on any atom is 0.261 e. The maximum absolute atomic E-state index is 14.0. The van der Waals surface area contributed by atoms with E-state index in [1.807, 2.05) is 0 Å². The van der Waals surface area contributed by atoms with Crippen molar-refractivity contribution in [2.24, 2.45) is 0 Å². The monoisotopic (exact) mass is 446 g/mol. The summed E-state index contributed by atoms with van der Waals surface area (Å²) in [5.41, 5.74) is -0.285. The SMILES string of the molecule is O=C(Cn1cnc2ccc(F)cc2c1=O)N1CCN(C(=O)c2cc(Cl)ccc2F)CC1. The Labute approximate surface area is 180 Å². The van der Waals surface area contributed by atoms with E-state index in [0.29, 0.717) is 5.52 Å². The van der Waals surface area contributed by atoms with E-state index in [0.717, 1.165) is 16.7 Å². The summed E-state index contributed by atoms with van der Waals surface area (Å²) in [5.74, 6) is -2.05. The van der Waals surface area contributed by atoms with Crippen LogP contribution in [0.3, 0.4) is 0 Å². The molecule has 0 aliphatic carbocycles. The fourth-order valence-corrected chi connectivity index (χ4v) is 3.65. The van der Waals surface area contributed by atoms with Crippen LogP contribution >= 0.6 is 11.6 Å². The zero-order chi connectivity index (χ0) is 22.1. The largest absolute Gasteiger partial charge is 0.338 e. The smallest absolute Gasteiger partial charge is 0.261 e. The van der Waals surface area contributed by atoms with Crippen LogP contribution in [0, 0.1) is 11.6 Å². The molecule has 0 atom stereocenters. The van der Waals surface area contributed by atoms with Crippen molar-refractivity contribution >= 4 is 34.3 Å². The number of hydrogen-bond donors (Lipinski definition) is 0. The van der Waals surface area contributed by atoms with Crippen LogP contribution < -0.4 is 5.56 Å². The van der Waals surface area contributed by atoms with Crippen molar-refractivity contribution in [3.8, 4) is 0 Å². The van der Waals surface area contributed by atoms with Crippen molar-refractivity contribution in [1.29, 1.82) is 0 Å². The van der Waals surface area contributed by atoms with Crippen molar-refractivity contribution in [3.63, 3.8) is 0 Å². The van der Waals surface area contributed by atoms with E-state index in [4.69, 9.17) is 11.6 Å². The quantitative estimate of drug-likeness (QED) is 0.618. The van der Waals surface area contributed by atoms with Gasteiger partial charge in [-0.1, -0.05) is 11.6 Å². The Kier molecular flexibility index (Phi) is 5.69. The van der Waals surface area contributed by atoms with Gasteiger partial charge in [-0.15, -0.1) is 0 Å². The highest BCUT2D eigenvalue weighted by Crippen LogP contribution is 2.18. The normalized spacial score (nSPS) is 14.2. The molecule has 0 unspecified atom stereocenters. The molecule has 1 fully saturated rings. The van der Waals surface area contributed by atoms with Crippen LogP contribution in [0.2, 0.25) is 5.02 Å². The molecular formula is C21H17ClF2N4O3. The standard InChI is InChI=1S/C21H17ClF2N4O3/c22-13-1-3-17(24)15(9-13)20(30)27-7-5-26(6-8-27)19(29)11-28-12-25-18-4-2-14(23)10-16(18)21(28)31/h1-4,9-10,12H,5-8,11H2. The number of rotatable bonds is 3. The Bertz CT molecular complexity index is 1240. The summed E-state index contributed by atoms with van der Waals surface area (Å²) < 4.78 is 28.6. The summed E-state index contributed by atoms with van der Waals surface area (Å²) in [5, 5.41) is 0.349. The van der Waals surface area contributed by atoms with Crippen molar-refractivity contribution in [2.75, 3.05) is 26.2 Å². The third kappa shape index (κ3) is 4.27. The van der Waals surface area contributed by atoms with Gasteiger partial charge < -0.3 is 9.80 Å². The van der Waals surface area contributed by atoms with Gasteiger partial charge in [-0.2, -0.15) is 0 Å². The summed E-state index contributed by atoms with van der Waals surface area (Å²) in [7, 11) is 0. The molecule has 0 spiro atoms. The predicted octanol–water partition coefficient (Wildman–Crippen LogP) is 2.31. The third-order valence-corrected chi connectivity index (χ3v) is 5.41. The van der Waals surface area contributed by atoms with Gasteiger partial charge in [0.1, 0.15) is 18.2 Å². The van der Waals surface area contributed by atoms with E-state index in [9.17, 15) is 23.2 Å². The fourth-order valence-electron chi connectivity index (χ4n) is 3.48. The summed E-state index contributed by atoms with van der Waals surface area (Å²) >= 11 is 5.86. The number of halogens is 3. The molecule has 1 saturated heterocycles. The lowest BCUT2D eigenvalue weighted by atomic mass is 10.1. The maximum atomic E-state index is 14.0. The second-order valence-electron chi connectivity index (χ2n) is 7.14. The van der Waals surface area contributed by atoms with Gasteiger partial charge in [0.2, 0.25) is 5.91 Å². The van der Waals surface area contributed by atoms with Gasteiger partial charge >= 0.3 is 0 Å². The molecule has 0 saturated carbocycles. The molecule has 3 aromatic rings. The van der Waals surface area contributed by atoms with E-state index in [-0.39, 0.29) is 54.6 Å². The summed E-state index contributed by atoms with van der Waals surface area (Å²) in [4.78, 5) is 44.8. The highest BCUT2D eigenvalue weighted by Gasteiger charge is 2.26. The van der Waals surface area contributed by atoms with Crippen LogP contribution in [-0.4, -0.2) is 57.3 Å². The molecule has 2 aromatic carbocycles. The average molecular weight is 447 g/mol. The Morgan fingerprint density at radius 1 is 1.00 bits per heavy atom. The average Bonchev–Trinajstić information content (AvgIpc) is 2.77. The Balaban J connectivity index is 1.42. The molecule has 1 aliphatic rings. The molecule has 0 bridgehead atoms. The number of benzene rings is 2. The summed E-state index contributed by atoms with van der Waals surface area (Å²) in [6, 6.07) is 7.47. The highest BCUT2D eigenvalue weighted by molar-refractivity contribution is 6.31. The van der Waals surface area contributed by atoms with Gasteiger partial charge in [-0.3, -0.25) is 19.0 Å². The molecular weight excluding hydrogens is 430 g/mol. The number of carbonyl (C=O) groups excluding carboxylic acids is 2. The van der Waals surface area contributed by atoms with Gasteiger partial charge in [-0.05, 0) is 36.4 Å². The predicted molar refractivity (Wildman–Crippen MR) is 110 cm³/mol. The summed E-state index contributed by atoms with van der Waals surface area (Å²) in [6.45, 7) is 0.642. The van der Waals surface area contributed by atoms with Gasteiger partial charge in [0.05, 0.1) is 22.8 Å². The van der Waals surface area contributed by atoms with Crippen LogP contribution in [-0.2, 0) is 11.3 Å². The lowest BCUT2D eigenvalue weighted by molar-refractivity contribution is -0.133. The first-order valence-corrected chi connectivity index (χ1v) is 9.88. The van der Waals surface area contributed by atoms with Crippen LogP contribution in [0.25, 0.3) is 10.9 Å². The second-order valence-corrected chi connectivity index (χ2v) is 7.57. The molecule has 2 heterocycles. The summed E-state index contributed by atoms with van der Waals surface area (Å²) in [6.07, 6.45) is 1.25. The van der Waals surface area contributed by atoms with Crippen molar-refractivity contribution in [3.05, 3.63) is 75.3 Å². The van der Waals surface area contributed by atoms with Crippen molar-refractivity contribution in [1.82, 2.24) is 19.4 Å². The minimum Gasteiger partial charge on any atom is -0.338 e. The molecule has 10 heteroatoms. The molecule has 1 aromatic heterocycles. The second kappa shape index (κ2) is 8.43. The van der Waals surface area contributed by atoms with Gasteiger partial charge in [0.15, 0.2) is 0 Å². The van der Waals surface area contributed by atoms with Crippen LogP contribution in [0.15, 0.2) is 47.5 Å². The first-order chi connectivity index (χ1) is 14.8. The van der Waals surface area contributed by atoms with Gasteiger partial charge in [-0.25, -0.2) is 13.8 Å². The lowest BCUT2D eigenvalue weighted by Crippen LogP contribution is -2.51. The Hall–Kier alpha value is -3.33. The number of hydrogen-bond acceptors (Lipinski definition) is 4. The first-order valence-electron chi connectivity index (χ1n) is 9.50.